The van der Waals surface area contributed by atoms with Gasteiger partial charge in [-0.2, -0.15) is 10.2 Å². The second-order valence-electron chi connectivity index (χ2n) is 10.2. The third kappa shape index (κ3) is 5.28. The van der Waals surface area contributed by atoms with Crippen LogP contribution in [0.1, 0.15) is 23.8 Å². The minimum absolute atomic E-state index is 0.141. The molecule has 0 unspecified atom stereocenters. The van der Waals surface area contributed by atoms with Crippen LogP contribution in [-0.4, -0.2) is 91.1 Å². The van der Waals surface area contributed by atoms with E-state index in [0.717, 1.165) is 13.0 Å². The molecule has 6 rings (SSSR count). The van der Waals surface area contributed by atoms with Gasteiger partial charge in [-0.15, -0.1) is 0 Å². The summed E-state index contributed by atoms with van der Waals surface area (Å²) in [7, 11) is 1.48. The molecule has 5 heterocycles. The quantitative estimate of drug-likeness (QED) is 0.131. The van der Waals surface area contributed by atoms with Gasteiger partial charge in [-0.05, 0) is 32.0 Å². The molecule has 1 aromatic carbocycles. The number of ether oxygens (including phenoxy) is 2. The fourth-order valence-corrected chi connectivity index (χ4v) is 5.32. The van der Waals surface area contributed by atoms with Crippen molar-refractivity contribution in [1.29, 1.82) is 0 Å². The largest absolute Gasteiger partial charge is 0.506 e. The van der Waals surface area contributed by atoms with E-state index in [1.165, 1.54) is 23.9 Å². The Morgan fingerprint density at radius 3 is 2.88 bits per heavy atom. The average Bonchev–Trinajstić information content (AvgIpc) is 3.75. The number of fused-ring (bicyclic) bond motifs is 2. The Balaban J connectivity index is 1.33. The molecule has 0 spiro atoms. The molecule has 0 radical (unpaired) electrons. The number of nitrogens with two attached hydrogens (primary N) is 1. The number of rotatable bonds is 9. The maximum Gasteiger partial charge on any atom is 0.310 e. The molecule has 1 atom stereocenters. The summed E-state index contributed by atoms with van der Waals surface area (Å²) in [5.74, 6) is -0.519. The lowest BCUT2D eigenvalue weighted by Crippen LogP contribution is -2.34. The molecule has 1 aliphatic heterocycles. The van der Waals surface area contributed by atoms with Crippen LogP contribution in [0.5, 0.6) is 11.5 Å². The Hall–Kier alpha value is -5.24. The van der Waals surface area contributed by atoms with Crippen molar-refractivity contribution in [3.8, 4) is 28.4 Å². The number of carbonyl (C=O) groups excluding carboxylic acids is 2. The van der Waals surface area contributed by atoms with Gasteiger partial charge in [-0.3, -0.25) is 14.6 Å². The third-order valence-corrected chi connectivity index (χ3v) is 7.50. The molecule has 1 fully saturated rings. The lowest BCUT2D eigenvalue weighted by atomic mass is 10.1. The fraction of sp³-hybridized carbons (Fsp3) is 0.310. The van der Waals surface area contributed by atoms with E-state index in [1.54, 1.807) is 48.4 Å². The number of pyridine rings is 1. The fourth-order valence-electron chi connectivity index (χ4n) is 5.32. The highest BCUT2D eigenvalue weighted by Gasteiger charge is 2.29. The highest BCUT2D eigenvalue weighted by molar-refractivity contribution is 6.05. The number of phenolic OH excluding ortho intramolecular Hbond substituents is 1. The number of esters is 1. The van der Waals surface area contributed by atoms with E-state index in [9.17, 15) is 14.7 Å². The number of hydrogen-bond acceptors (Lipinski definition) is 11. The number of anilines is 1. The van der Waals surface area contributed by atoms with Crippen LogP contribution in [0.4, 0.5) is 5.69 Å². The minimum Gasteiger partial charge on any atom is -0.506 e. The summed E-state index contributed by atoms with van der Waals surface area (Å²) in [6, 6.07) is 6.50. The molecule has 1 amide bonds. The van der Waals surface area contributed by atoms with Crippen LogP contribution in [0.2, 0.25) is 0 Å². The lowest BCUT2D eigenvalue weighted by Gasteiger charge is -2.15. The van der Waals surface area contributed by atoms with E-state index >= 15 is 0 Å². The minimum atomic E-state index is -0.393. The van der Waals surface area contributed by atoms with Crippen LogP contribution in [0.15, 0.2) is 49.1 Å². The lowest BCUT2D eigenvalue weighted by molar-refractivity contribution is -0.147. The normalized spacial score (nSPS) is 15.3. The number of nitrogen functional groups attached to an aromatic ring is 1. The smallest absolute Gasteiger partial charge is 0.310 e. The first kappa shape index (κ1) is 27.9. The van der Waals surface area contributed by atoms with Gasteiger partial charge in [-0.25, -0.2) is 14.2 Å². The van der Waals surface area contributed by atoms with Gasteiger partial charge in [0.2, 0.25) is 0 Å². The molecule has 43 heavy (non-hydrogen) atoms. The summed E-state index contributed by atoms with van der Waals surface area (Å²) in [4.78, 5) is 36.7. The van der Waals surface area contributed by atoms with Gasteiger partial charge in [0.25, 0.3) is 5.91 Å². The summed E-state index contributed by atoms with van der Waals surface area (Å²) in [6.07, 6.45) is 7.45. The zero-order valence-corrected chi connectivity index (χ0v) is 23.7. The van der Waals surface area contributed by atoms with Crippen molar-refractivity contribution in [3.05, 3.63) is 54.7 Å². The number of hydrogen-bond donors (Lipinski definition) is 3. The Labute approximate surface area is 246 Å². The molecule has 5 aromatic rings. The van der Waals surface area contributed by atoms with Crippen molar-refractivity contribution < 1.29 is 24.2 Å². The van der Waals surface area contributed by atoms with Gasteiger partial charge in [0.05, 0.1) is 53.7 Å². The molecule has 14 heteroatoms. The summed E-state index contributed by atoms with van der Waals surface area (Å²) < 4.78 is 13.9. The standard InChI is InChI=1S/C29H31N9O5/c1-3-43-29(41)17-5-9-36(16-17)10-7-32-28(40)26-19-14-33-21(18-15-34-37-8-4-6-31-27(18)37)12-22(19)38(35-26)23-13-24(39)20(30)11-25(23)42-2/h4,6,8,11-15,17,39H,3,5,7,9-10,16,30H2,1-2H3,(H,32,40)/t17-/m0/s1. The maximum atomic E-state index is 13.5. The van der Waals surface area contributed by atoms with Crippen LogP contribution in [0.25, 0.3) is 33.5 Å². The van der Waals surface area contributed by atoms with Crippen molar-refractivity contribution in [2.45, 2.75) is 13.3 Å². The van der Waals surface area contributed by atoms with Crippen LogP contribution in [-0.2, 0) is 9.53 Å². The van der Waals surface area contributed by atoms with Crippen molar-refractivity contribution >= 4 is 34.1 Å². The van der Waals surface area contributed by atoms with Crippen molar-refractivity contribution in [1.82, 2.24) is 39.6 Å². The van der Waals surface area contributed by atoms with E-state index < -0.39 is 5.91 Å². The van der Waals surface area contributed by atoms with Gasteiger partial charge in [0.15, 0.2) is 11.3 Å². The molecule has 222 valence electrons. The third-order valence-electron chi connectivity index (χ3n) is 7.50. The van der Waals surface area contributed by atoms with Gasteiger partial charge < -0.3 is 30.5 Å². The number of nitrogens with zero attached hydrogens (tertiary/aromatic N) is 7. The van der Waals surface area contributed by atoms with E-state index in [-0.39, 0.29) is 29.0 Å². The SMILES string of the molecule is CCOC(=O)[C@H]1CCN(CCNC(=O)c2nn(-c3cc(O)c(N)cc3OC)c3cc(-c4cnn5cccnc45)ncc23)C1. The molecule has 0 aliphatic carbocycles. The number of amides is 1. The van der Waals surface area contributed by atoms with E-state index in [0.29, 0.717) is 65.5 Å². The number of aromatic nitrogens is 6. The van der Waals surface area contributed by atoms with Crippen LogP contribution in [0, 0.1) is 5.92 Å². The Morgan fingerprint density at radius 2 is 2.07 bits per heavy atom. The summed E-state index contributed by atoms with van der Waals surface area (Å²) >= 11 is 0. The number of benzene rings is 1. The molecule has 0 bridgehead atoms. The second kappa shape index (κ2) is 11.6. The van der Waals surface area contributed by atoms with Crippen molar-refractivity contribution in [2.75, 3.05) is 45.6 Å². The molecular weight excluding hydrogens is 554 g/mol. The van der Waals surface area contributed by atoms with E-state index in [4.69, 9.17) is 15.2 Å². The zero-order valence-electron chi connectivity index (χ0n) is 23.7. The van der Waals surface area contributed by atoms with Gasteiger partial charge in [0, 0.05) is 50.4 Å². The highest BCUT2D eigenvalue weighted by atomic mass is 16.5. The maximum absolute atomic E-state index is 13.5. The molecule has 4 aromatic heterocycles. The van der Waals surface area contributed by atoms with Crippen molar-refractivity contribution in [2.24, 2.45) is 5.92 Å². The number of nitrogens with one attached hydrogen (secondary N) is 1. The summed E-state index contributed by atoms with van der Waals surface area (Å²) in [5, 5.41) is 22.9. The molecule has 4 N–H and O–H groups in total. The van der Waals surface area contributed by atoms with E-state index in [1.807, 2.05) is 0 Å². The second-order valence-corrected chi connectivity index (χ2v) is 10.2. The molecule has 0 saturated carbocycles. The predicted octanol–water partition coefficient (Wildman–Crippen LogP) is 2.04. The number of carbonyl (C=O) groups is 2. The number of phenols is 1. The molecule has 1 saturated heterocycles. The number of aromatic hydroxyl groups is 1. The van der Waals surface area contributed by atoms with Gasteiger partial charge in [-0.1, -0.05) is 0 Å². The highest BCUT2D eigenvalue weighted by Crippen LogP contribution is 2.35. The number of methoxy groups -OCH3 is 1. The van der Waals surface area contributed by atoms with Gasteiger partial charge in [0.1, 0.15) is 17.2 Å². The van der Waals surface area contributed by atoms with Crippen LogP contribution < -0.4 is 15.8 Å². The topological polar surface area (TPSA) is 175 Å². The first-order chi connectivity index (χ1) is 20.9. The van der Waals surface area contributed by atoms with Crippen LogP contribution in [0.3, 0.4) is 0 Å². The molecule has 14 nitrogen and oxygen atoms in total. The first-order valence-electron chi connectivity index (χ1n) is 13.9. The summed E-state index contributed by atoms with van der Waals surface area (Å²) in [5.41, 5.74) is 9.02. The van der Waals surface area contributed by atoms with Crippen LogP contribution >= 0.6 is 0 Å². The van der Waals surface area contributed by atoms with Gasteiger partial charge >= 0.3 is 5.97 Å². The zero-order chi connectivity index (χ0) is 30.1. The van der Waals surface area contributed by atoms with Crippen molar-refractivity contribution in [3.63, 3.8) is 0 Å². The predicted molar refractivity (Wildman–Crippen MR) is 157 cm³/mol. The van der Waals surface area contributed by atoms with E-state index in [2.05, 4.69) is 30.4 Å². The summed E-state index contributed by atoms with van der Waals surface area (Å²) in [6.45, 7) is 4.43. The molecular formula is C29H31N9O5. The monoisotopic (exact) mass is 585 g/mol. The first-order valence-corrected chi connectivity index (χ1v) is 13.9. The molecule has 1 aliphatic rings. The number of likely N-dealkylation sites (tertiary alicyclic amines) is 1. The Morgan fingerprint density at radius 1 is 1.21 bits per heavy atom. The average molecular weight is 586 g/mol. The Kier molecular flexibility index (Phi) is 7.50. The Bertz CT molecular complexity index is 1830.